The van der Waals surface area contributed by atoms with Crippen molar-refractivity contribution >= 4 is 11.9 Å². The molecular weight excluding hydrogens is 412 g/mol. The van der Waals surface area contributed by atoms with Crippen LogP contribution in [0, 0.1) is 0 Å². The van der Waals surface area contributed by atoms with Crippen molar-refractivity contribution in [2.24, 2.45) is 0 Å². The van der Waals surface area contributed by atoms with Crippen molar-refractivity contribution in [2.45, 2.75) is 45.5 Å². The molecule has 2 unspecified atom stereocenters. The Morgan fingerprint density at radius 1 is 0.844 bits per heavy atom. The topological polar surface area (TPSA) is 86.9 Å². The maximum absolute atomic E-state index is 12.5. The molecule has 0 aliphatic carbocycles. The van der Waals surface area contributed by atoms with Gasteiger partial charge in [-0.1, -0.05) is 44.2 Å². The average molecular weight is 443 g/mol. The Kier molecular flexibility index (Phi) is 9.07. The van der Waals surface area contributed by atoms with E-state index in [0.29, 0.717) is 38.4 Å². The van der Waals surface area contributed by atoms with Gasteiger partial charge in [0.2, 0.25) is 0 Å². The molecule has 0 saturated carbocycles. The highest BCUT2D eigenvalue weighted by Gasteiger charge is 2.24. The molecule has 0 radical (unpaired) electrons. The monoisotopic (exact) mass is 442 g/mol. The van der Waals surface area contributed by atoms with Crippen molar-refractivity contribution < 1.29 is 33.3 Å². The lowest BCUT2D eigenvalue weighted by molar-refractivity contribution is 0.0491. The van der Waals surface area contributed by atoms with Crippen LogP contribution in [0.25, 0.3) is 0 Å². The largest absolute Gasteiger partial charge is 0.489 e. The zero-order valence-electron chi connectivity index (χ0n) is 18.6. The molecule has 2 heterocycles. The second-order valence-corrected chi connectivity index (χ2v) is 7.28. The number of benzene rings is 2. The molecule has 0 bridgehead atoms. The smallest absolute Gasteiger partial charge is 0.338 e. The average Bonchev–Trinajstić information content (AvgIpc) is 3.75. The lowest BCUT2D eigenvalue weighted by Crippen LogP contribution is -2.12. The van der Waals surface area contributed by atoms with Crippen molar-refractivity contribution in [3.8, 4) is 5.75 Å². The number of carbonyl (C=O) groups is 2. The first kappa shape index (κ1) is 23.8. The Morgan fingerprint density at radius 2 is 1.34 bits per heavy atom. The number of hydrogen-bond acceptors (Lipinski definition) is 7. The molecule has 2 atom stereocenters. The molecule has 32 heavy (non-hydrogen) atoms. The third-order valence-electron chi connectivity index (χ3n) is 4.78. The zero-order valence-corrected chi connectivity index (χ0v) is 18.6. The third kappa shape index (κ3) is 7.98. The normalized spacial score (nSPS) is 18.1. The quantitative estimate of drug-likeness (QED) is 0.381. The van der Waals surface area contributed by atoms with Crippen LogP contribution < -0.4 is 4.74 Å². The van der Waals surface area contributed by atoms with Gasteiger partial charge in [0, 0.05) is 12.8 Å². The molecule has 0 aromatic heterocycles. The summed E-state index contributed by atoms with van der Waals surface area (Å²) < 4.78 is 26.7. The van der Waals surface area contributed by atoms with Gasteiger partial charge in [-0.3, -0.25) is 0 Å². The second kappa shape index (κ2) is 12.2. The van der Waals surface area contributed by atoms with Crippen LogP contribution in [0.5, 0.6) is 5.75 Å². The number of hydrogen-bond donors (Lipinski definition) is 0. The Morgan fingerprint density at radius 3 is 1.81 bits per heavy atom. The highest BCUT2D eigenvalue weighted by atomic mass is 16.6. The van der Waals surface area contributed by atoms with E-state index >= 15 is 0 Å². The van der Waals surface area contributed by atoms with Gasteiger partial charge in [-0.15, -0.1) is 0 Å². The molecule has 0 amide bonds. The Balaban J connectivity index is 0.00000141. The van der Waals surface area contributed by atoms with Gasteiger partial charge in [0.05, 0.1) is 49.8 Å². The summed E-state index contributed by atoms with van der Waals surface area (Å²) in [5, 5.41) is 0. The fraction of sp³-hybridized carbons (Fsp3) is 0.440. The summed E-state index contributed by atoms with van der Waals surface area (Å²) in [6, 6.07) is 14.3. The predicted molar refractivity (Wildman–Crippen MR) is 118 cm³/mol. The first-order valence-electron chi connectivity index (χ1n) is 11.1. The molecule has 2 aromatic carbocycles. The minimum absolute atomic E-state index is 0.180. The van der Waals surface area contributed by atoms with Crippen LogP contribution in [0.15, 0.2) is 48.5 Å². The van der Waals surface area contributed by atoms with Gasteiger partial charge in [-0.25, -0.2) is 9.59 Å². The number of carbonyl (C=O) groups excluding carboxylic acids is 2. The van der Waals surface area contributed by atoms with E-state index in [4.69, 9.17) is 23.7 Å². The second-order valence-electron chi connectivity index (χ2n) is 7.28. The SMILES string of the molecule is CC.O=C(OCCC1CO1)c1cc(OCc2ccccc2)cc(C(=O)OCCC2CO2)c1. The molecular formula is C25H30O7. The Hall–Kier alpha value is -2.90. The van der Waals surface area contributed by atoms with E-state index in [1.807, 2.05) is 44.2 Å². The van der Waals surface area contributed by atoms with E-state index in [1.54, 1.807) is 12.1 Å². The van der Waals surface area contributed by atoms with E-state index in [9.17, 15) is 9.59 Å². The summed E-state index contributed by atoms with van der Waals surface area (Å²) in [5.41, 5.74) is 1.47. The predicted octanol–water partition coefficient (Wildman–Crippen LogP) is 4.18. The maximum atomic E-state index is 12.5. The summed E-state index contributed by atoms with van der Waals surface area (Å²) in [6.07, 6.45) is 1.68. The molecule has 7 nitrogen and oxygen atoms in total. The molecule has 7 heteroatoms. The fourth-order valence-electron chi connectivity index (χ4n) is 2.86. The first-order valence-corrected chi connectivity index (χ1v) is 11.1. The van der Waals surface area contributed by atoms with E-state index in [0.717, 1.165) is 5.56 Å². The zero-order chi connectivity index (χ0) is 22.8. The van der Waals surface area contributed by atoms with E-state index in [1.165, 1.54) is 6.07 Å². The van der Waals surface area contributed by atoms with Crippen molar-refractivity contribution in [3.05, 3.63) is 65.2 Å². The van der Waals surface area contributed by atoms with Crippen LogP contribution in [0.3, 0.4) is 0 Å². The summed E-state index contributed by atoms with van der Waals surface area (Å²) in [5.74, 6) is -0.626. The highest BCUT2D eigenvalue weighted by molar-refractivity contribution is 5.96. The lowest BCUT2D eigenvalue weighted by Gasteiger charge is -2.11. The lowest BCUT2D eigenvalue weighted by atomic mass is 10.1. The van der Waals surface area contributed by atoms with Gasteiger partial charge >= 0.3 is 11.9 Å². The fourth-order valence-corrected chi connectivity index (χ4v) is 2.86. The van der Waals surface area contributed by atoms with Crippen LogP contribution in [0.4, 0.5) is 0 Å². The standard InChI is InChI=1S/C23H24O7.C2H6/c24-22(26-8-6-19-14-29-19)17-10-18(23(25)27-9-7-20-15-30-20)12-21(11-17)28-13-16-4-2-1-3-5-16;1-2/h1-5,10-12,19-20H,6-9,13-15H2;1-2H3. The molecule has 4 rings (SSSR count). The highest BCUT2D eigenvalue weighted by Crippen LogP contribution is 2.22. The number of epoxide rings is 2. The van der Waals surface area contributed by atoms with Gasteiger partial charge in [0.25, 0.3) is 0 Å². The molecule has 2 fully saturated rings. The van der Waals surface area contributed by atoms with Crippen molar-refractivity contribution in [1.29, 1.82) is 0 Å². The summed E-state index contributed by atoms with van der Waals surface area (Å²) >= 11 is 0. The van der Waals surface area contributed by atoms with Gasteiger partial charge in [-0.05, 0) is 23.8 Å². The maximum Gasteiger partial charge on any atom is 0.338 e. The summed E-state index contributed by atoms with van der Waals surface area (Å²) in [4.78, 5) is 24.9. The van der Waals surface area contributed by atoms with Crippen molar-refractivity contribution in [3.63, 3.8) is 0 Å². The number of esters is 2. The molecule has 2 aliphatic rings. The third-order valence-corrected chi connectivity index (χ3v) is 4.78. The Labute approximate surface area is 188 Å². The molecule has 172 valence electrons. The van der Waals surface area contributed by atoms with Crippen LogP contribution in [0.2, 0.25) is 0 Å². The van der Waals surface area contributed by atoms with Gasteiger partial charge in [-0.2, -0.15) is 0 Å². The van der Waals surface area contributed by atoms with E-state index in [2.05, 4.69) is 0 Å². The van der Waals surface area contributed by atoms with E-state index < -0.39 is 11.9 Å². The molecule has 2 aromatic rings. The van der Waals surface area contributed by atoms with Crippen LogP contribution >= 0.6 is 0 Å². The van der Waals surface area contributed by atoms with E-state index in [-0.39, 0.29) is 36.5 Å². The molecule has 0 N–H and O–H groups in total. The van der Waals surface area contributed by atoms with Gasteiger partial charge in [0.15, 0.2) is 0 Å². The van der Waals surface area contributed by atoms with Crippen LogP contribution in [0.1, 0.15) is 53.0 Å². The van der Waals surface area contributed by atoms with Crippen molar-refractivity contribution in [2.75, 3.05) is 26.4 Å². The summed E-state index contributed by atoms with van der Waals surface area (Å²) in [6.45, 7) is 6.26. The molecule has 2 aliphatic heterocycles. The summed E-state index contributed by atoms with van der Waals surface area (Å²) in [7, 11) is 0. The van der Waals surface area contributed by atoms with Crippen LogP contribution in [-0.4, -0.2) is 50.6 Å². The molecule has 0 spiro atoms. The minimum Gasteiger partial charge on any atom is -0.489 e. The van der Waals surface area contributed by atoms with Crippen molar-refractivity contribution in [1.82, 2.24) is 0 Å². The Bertz CT molecular complexity index is 825. The first-order chi connectivity index (χ1) is 15.7. The molecule has 2 saturated heterocycles. The van der Waals surface area contributed by atoms with Gasteiger partial charge < -0.3 is 23.7 Å². The number of rotatable bonds is 11. The van der Waals surface area contributed by atoms with Gasteiger partial charge in [0.1, 0.15) is 12.4 Å². The number of ether oxygens (including phenoxy) is 5. The van der Waals surface area contributed by atoms with Crippen LogP contribution in [-0.2, 0) is 25.6 Å². The minimum atomic E-state index is -0.513.